The van der Waals surface area contributed by atoms with Gasteiger partial charge in [0, 0.05) is 19.2 Å². The highest BCUT2D eigenvalue weighted by molar-refractivity contribution is 6.03. The minimum Gasteiger partial charge on any atom is -0.305 e. The Morgan fingerprint density at radius 3 is 2.75 bits per heavy atom. The van der Waals surface area contributed by atoms with E-state index in [-0.39, 0.29) is 5.69 Å². The molecule has 0 spiro atoms. The quantitative estimate of drug-likeness (QED) is 0.935. The summed E-state index contributed by atoms with van der Waals surface area (Å²) in [4.78, 5) is 12.1. The average Bonchev–Trinajstić information content (AvgIpc) is 2.94. The second kappa shape index (κ2) is 5.40. The smallest absolute Gasteiger partial charge is 0.282 e. The zero-order chi connectivity index (χ0) is 14.9. The van der Waals surface area contributed by atoms with Crippen molar-refractivity contribution in [2.45, 2.75) is 26.8 Å². The maximum atomic E-state index is 12.6. The van der Waals surface area contributed by atoms with Gasteiger partial charge in [0.05, 0.1) is 6.20 Å². The highest BCUT2D eigenvalue weighted by atomic mass is 19.3. The molecule has 0 aliphatic heterocycles. The van der Waals surface area contributed by atoms with Crippen LogP contribution in [0.15, 0.2) is 12.3 Å². The fraction of sp³-hybridized carbons (Fsp3) is 0.417. The summed E-state index contributed by atoms with van der Waals surface area (Å²) in [6.45, 7) is 4.29. The molecule has 0 bridgehead atoms. The van der Waals surface area contributed by atoms with Gasteiger partial charge >= 0.3 is 0 Å². The Morgan fingerprint density at radius 1 is 1.50 bits per heavy atom. The Hall–Kier alpha value is -2.25. The predicted molar refractivity (Wildman–Crippen MR) is 68.8 cm³/mol. The first-order chi connectivity index (χ1) is 9.43. The van der Waals surface area contributed by atoms with Gasteiger partial charge in [-0.1, -0.05) is 0 Å². The molecule has 2 rings (SSSR count). The zero-order valence-corrected chi connectivity index (χ0v) is 11.4. The molecule has 108 valence electrons. The summed E-state index contributed by atoms with van der Waals surface area (Å²) in [5.41, 5.74) is 0.457. The van der Waals surface area contributed by atoms with E-state index < -0.39 is 18.0 Å². The minimum atomic E-state index is -2.70. The molecule has 8 heteroatoms. The van der Waals surface area contributed by atoms with Crippen molar-refractivity contribution >= 4 is 11.7 Å². The number of aromatic nitrogens is 4. The third-order valence-electron chi connectivity index (χ3n) is 2.91. The number of carbonyl (C=O) groups excluding carboxylic acids is 1. The summed E-state index contributed by atoms with van der Waals surface area (Å²) in [5.74, 6) is 0.0579. The minimum absolute atomic E-state index is 0.0727. The normalized spacial score (nSPS) is 11.1. The number of alkyl halides is 2. The van der Waals surface area contributed by atoms with E-state index in [2.05, 4.69) is 15.5 Å². The fourth-order valence-corrected chi connectivity index (χ4v) is 1.86. The molecule has 0 fully saturated rings. The van der Waals surface area contributed by atoms with E-state index in [1.54, 1.807) is 10.9 Å². The Kier molecular flexibility index (Phi) is 3.82. The third kappa shape index (κ3) is 2.54. The molecule has 2 aromatic heterocycles. The summed E-state index contributed by atoms with van der Waals surface area (Å²) in [7, 11) is 1.45. The molecule has 0 aromatic carbocycles. The number of aryl methyl sites for hydroxylation is 3. The molecule has 2 aromatic rings. The number of carbonyl (C=O) groups is 1. The largest absolute Gasteiger partial charge is 0.305 e. The molecule has 0 unspecified atom stereocenters. The summed E-state index contributed by atoms with van der Waals surface area (Å²) >= 11 is 0. The maximum absolute atomic E-state index is 12.6. The molecule has 0 saturated carbocycles. The Morgan fingerprint density at radius 2 is 2.20 bits per heavy atom. The van der Waals surface area contributed by atoms with Gasteiger partial charge in [0.25, 0.3) is 12.3 Å². The number of rotatable bonds is 4. The number of hydrogen-bond donors (Lipinski definition) is 1. The highest BCUT2D eigenvalue weighted by Crippen LogP contribution is 2.19. The number of anilines is 1. The van der Waals surface area contributed by atoms with Crippen LogP contribution in [0.4, 0.5) is 14.6 Å². The number of nitrogens with zero attached hydrogens (tertiary/aromatic N) is 4. The standard InChI is InChI=1S/C12H15F2N5O/c1-4-19-11(7(2)6-15-19)16-12(20)9-5-8(10(13)14)17-18(9)3/h5-6,10H,4H2,1-3H3,(H,16,20). The van der Waals surface area contributed by atoms with Crippen LogP contribution in [-0.4, -0.2) is 25.5 Å². The lowest BCUT2D eigenvalue weighted by Crippen LogP contribution is -2.19. The van der Waals surface area contributed by atoms with Crippen molar-refractivity contribution in [1.29, 1.82) is 0 Å². The molecule has 20 heavy (non-hydrogen) atoms. The Bertz CT molecular complexity index is 632. The molecule has 0 saturated heterocycles. The zero-order valence-electron chi connectivity index (χ0n) is 11.4. The van der Waals surface area contributed by atoms with Crippen LogP contribution >= 0.6 is 0 Å². The van der Waals surface area contributed by atoms with Gasteiger partial charge in [0.2, 0.25) is 0 Å². The lowest BCUT2D eigenvalue weighted by atomic mass is 10.3. The van der Waals surface area contributed by atoms with E-state index in [1.807, 2.05) is 13.8 Å². The van der Waals surface area contributed by atoms with Crippen LogP contribution in [0.3, 0.4) is 0 Å². The van der Waals surface area contributed by atoms with Gasteiger partial charge in [0.15, 0.2) is 0 Å². The number of halogens is 2. The number of nitrogens with one attached hydrogen (secondary N) is 1. The van der Waals surface area contributed by atoms with Crippen molar-refractivity contribution in [2.75, 3.05) is 5.32 Å². The van der Waals surface area contributed by atoms with Crippen molar-refractivity contribution in [3.8, 4) is 0 Å². The molecule has 0 aliphatic carbocycles. The van der Waals surface area contributed by atoms with Crippen molar-refractivity contribution in [1.82, 2.24) is 19.6 Å². The van der Waals surface area contributed by atoms with E-state index in [1.165, 1.54) is 7.05 Å². The summed E-state index contributed by atoms with van der Waals surface area (Å²) in [5, 5.41) is 10.4. The van der Waals surface area contributed by atoms with E-state index >= 15 is 0 Å². The molecule has 0 aliphatic rings. The molecule has 2 heterocycles. The first-order valence-electron chi connectivity index (χ1n) is 6.09. The van der Waals surface area contributed by atoms with E-state index in [0.29, 0.717) is 12.4 Å². The Labute approximate surface area is 114 Å². The van der Waals surface area contributed by atoms with E-state index in [9.17, 15) is 13.6 Å². The van der Waals surface area contributed by atoms with Crippen LogP contribution in [0.1, 0.15) is 35.1 Å². The van der Waals surface area contributed by atoms with Crippen molar-refractivity contribution < 1.29 is 13.6 Å². The number of hydrogen-bond acceptors (Lipinski definition) is 3. The molecule has 1 amide bonds. The first-order valence-corrected chi connectivity index (χ1v) is 6.09. The summed E-state index contributed by atoms with van der Waals surface area (Å²) < 4.78 is 27.9. The fourth-order valence-electron chi connectivity index (χ4n) is 1.86. The van der Waals surface area contributed by atoms with Crippen LogP contribution in [0.5, 0.6) is 0 Å². The van der Waals surface area contributed by atoms with Crippen molar-refractivity contribution in [3.05, 3.63) is 29.2 Å². The third-order valence-corrected chi connectivity index (χ3v) is 2.91. The van der Waals surface area contributed by atoms with Crippen LogP contribution in [0.25, 0.3) is 0 Å². The van der Waals surface area contributed by atoms with Crippen LogP contribution < -0.4 is 5.32 Å². The molecular formula is C12H15F2N5O. The molecule has 1 N–H and O–H groups in total. The maximum Gasteiger partial charge on any atom is 0.282 e. The lowest BCUT2D eigenvalue weighted by Gasteiger charge is -2.08. The SMILES string of the molecule is CCn1ncc(C)c1NC(=O)c1cc(C(F)F)nn1C. The van der Waals surface area contributed by atoms with Gasteiger partial charge in [-0.15, -0.1) is 0 Å². The first kappa shape index (κ1) is 14.2. The van der Waals surface area contributed by atoms with Gasteiger partial charge in [-0.2, -0.15) is 10.2 Å². The van der Waals surface area contributed by atoms with Crippen LogP contribution in [0.2, 0.25) is 0 Å². The molecular weight excluding hydrogens is 268 g/mol. The van der Waals surface area contributed by atoms with E-state index in [4.69, 9.17) is 0 Å². The van der Waals surface area contributed by atoms with Gasteiger partial charge < -0.3 is 5.32 Å². The van der Waals surface area contributed by atoms with Crippen molar-refractivity contribution in [3.63, 3.8) is 0 Å². The summed E-state index contributed by atoms with van der Waals surface area (Å²) in [6.07, 6.45) is -1.07. The van der Waals surface area contributed by atoms with Gasteiger partial charge in [-0.25, -0.2) is 13.5 Å². The average molecular weight is 283 g/mol. The van der Waals surface area contributed by atoms with Gasteiger partial charge in [-0.3, -0.25) is 9.48 Å². The highest BCUT2D eigenvalue weighted by Gasteiger charge is 2.20. The van der Waals surface area contributed by atoms with E-state index in [0.717, 1.165) is 16.3 Å². The van der Waals surface area contributed by atoms with Gasteiger partial charge in [-0.05, 0) is 19.9 Å². The second-order valence-electron chi connectivity index (χ2n) is 4.32. The Balaban J connectivity index is 2.26. The monoisotopic (exact) mass is 283 g/mol. The van der Waals surface area contributed by atoms with Crippen LogP contribution in [0, 0.1) is 6.92 Å². The number of amides is 1. The summed E-state index contributed by atoms with van der Waals surface area (Å²) in [6, 6.07) is 1.09. The van der Waals surface area contributed by atoms with Crippen molar-refractivity contribution in [2.24, 2.45) is 7.05 Å². The molecule has 6 nitrogen and oxygen atoms in total. The molecule has 0 atom stereocenters. The predicted octanol–water partition coefficient (Wildman–Crippen LogP) is 2.13. The second-order valence-corrected chi connectivity index (χ2v) is 4.32. The molecule has 0 radical (unpaired) electrons. The van der Waals surface area contributed by atoms with Gasteiger partial charge in [0.1, 0.15) is 17.2 Å². The lowest BCUT2D eigenvalue weighted by molar-refractivity contribution is 0.101. The topological polar surface area (TPSA) is 64.7 Å². The van der Waals surface area contributed by atoms with Crippen LogP contribution in [-0.2, 0) is 13.6 Å².